The topological polar surface area (TPSA) is 91.2 Å². The number of aromatic nitrogens is 1. The van der Waals surface area contributed by atoms with Crippen molar-refractivity contribution in [1.29, 1.82) is 0 Å². The number of aromatic amines is 1. The van der Waals surface area contributed by atoms with Crippen LogP contribution in [0.1, 0.15) is 35.3 Å². The van der Waals surface area contributed by atoms with Gasteiger partial charge in [0.2, 0.25) is 11.8 Å². The minimum Gasteiger partial charge on any atom is -0.370 e. The Hall–Kier alpha value is -2.76. The van der Waals surface area contributed by atoms with E-state index in [0.717, 1.165) is 37.3 Å². The van der Waals surface area contributed by atoms with E-state index in [1.807, 2.05) is 18.2 Å². The zero-order valence-electron chi connectivity index (χ0n) is 13.5. The zero-order chi connectivity index (χ0) is 16.9. The molecule has 2 aromatic rings. The fourth-order valence-corrected chi connectivity index (χ4v) is 3.04. The van der Waals surface area contributed by atoms with Gasteiger partial charge in [0, 0.05) is 30.5 Å². The van der Waals surface area contributed by atoms with Crippen molar-refractivity contribution in [2.24, 2.45) is 5.73 Å². The van der Waals surface area contributed by atoms with Gasteiger partial charge in [-0.15, -0.1) is 0 Å². The lowest BCUT2D eigenvalue weighted by Gasteiger charge is -2.30. The molecule has 6 nitrogen and oxygen atoms in total. The third kappa shape index (κ3) is 3.76. The summed E-state index contributed by atoms with van der Waals surface area (Å²) in [5, 5.41) is 2.93. The van der Waals surface area contributed by atoms with Crippen molar-refractivity contribution in [2.45, 2.75) is 25.7 Å². The van der Waals surface area contributed by atoms with Crippen LogP contribution in [0.25, 0.3) is 0 Å². The van der Waals surface area contributed by atoms with Crippen molar-refractivity contribution >= 4 is 23.2 Å². The van der Waals surface area contributed by atoms with Gasteiger partial charge in [0.05, 0.1) is 17.8 Å². The van der Waals surface area contributed by atoms with Gasteiger partial charge in [-0.25, -0.2) is 0 Å². The molecule has 1 aliphatic heterocycles. The number of amides is 2. The first-order valence-corrected chi connectivity index (χ1v) is 8.24. The van der Waals surface area contributed by atoms with Crippen molar-refractivity contribution in [3.63, 3.8) is 0 Å². The minimum atomic E-state index is -0.500. The molecule has 0 spiro atoms. The summed E-state index contributed by atoms with van der Waals surface area (Å²) in [6, 6.07) is 8.97. The van der Waals surface area contributed by atoms with E-state index in [1.165, 1.54) is 6.42 Å². The summed E-state index contributed by atoms with van der Waals surface area (Å²) in [7, 11) is 0. The third-order valence-electron chi connectivity index (χ3n) is 4.27. The van der Waals surface area contributed by atoms with Crippen LogP contribution in [0.2, 0.25) is 0 Å². The second-order valence-electron chi connectivity index (χ2n) is 6.06. The molecule has 1 aliphatic rings. The quantitative estimate of drug-likeness (QED) is 0.787. The van der Waals surface area contributed by atoms with Crippen LogP contribution < -0.4 is 16.0 Å². The first kappa shape index (κ1) is 16.1. The lowest BCUT2D eigenvalue weighted by atomic mass is 10.1. The second-order valence-corrected chi connectivity index (χ2v) is 6.06. The summed E-state index contributed by atoms with van der Waals surface area (Å²) >= 11 is 0. The summed E-state index contributed by atoms with van der Waals surface area (Å²) < 4.78 is 0. The van der Waals surface area contributed by atoms with Crippen molar-refractivity contribution in [2.75, 3.05) is 23.3 Å². The average Bonchev–Trinajstić information content (AvgIpc) is 3.08. The molecule has 24 heavy (non-hydrogen) atoms. The number of primary amides is 1. The number of piperidine rings is 1. The highest BCUT2D eigenvalue weighted by atomic mass is 16.2. The van der Waals surface area contributed by atoms with E-state index in [2.05, 4.69) is 15.2 Å². The first-order valence-electron chi connectivity index (χ1n) is 8.24. The highest BCUT2D eigenvalue weighted by Gasteiger charge is 2.17. The van der Waals surface area contributed by atoms with Crippen LogP contribution in [-0.2, 0) is 11.2 Å². The number of carbonyl (C=O) groups excluding carboxylic acids is 2. The van der Waals surface area contributed by atoms with Crippen LogP contribution in [0, 0.1) is 0 Å². The van der Waals surface area contributed by atoms with E-state index in [-0.39, 0.29) is 12.3 Å². The summed E-state index contributed by atoms with van der Waals surface area (Å²) in [6.07, 6.45) is 5.54. The van der Waals surface area contributed by atoms with Gasteiger partial charge in [-0.1, -0.05) is 0 Å². The van der Waals surface area contributed by atoms with Crippen LogP contribution in [0.4, 0.5) is 11.4 Å². The molecule has 1 saturated heterocycles. The molecule has 2 heterocycles. The molecule has 126 valence electrons. The Labute approximate surface area is 141 Å². The Kier molecular flexibility index (Phi) is 4.84. The van der Waals surface area contributed by atoms with Gasteiger partial charge in [-0.3, -0.25) is 9.59 Å². The number of hydrogen-bond donors (Lipinski definition) is 3. The van der Waals surface area contributed by atoms with Gasteiger partial charge >= 0.3 is 0 Å². The van der Waals surface area contributed by atoms with E-state index in [1.54, 1.807) is 18.3 Å². The first-order chi connectivity index (χ1) is 11.6. The Morgan fingerprint density at radius 1 is 1.17 bits per heavy atom. The number of hydrogen-bond acceptors (Lipinski definition) is 3. The molecule has 6 heteroatoms. The number of nitrogens with one attached hydrogen (secondary N) is 2. The maximum absolute atomic E-state index is 12.3. The Morgan fingerprint density at radius 3 is 2.62 bits per heavy atom. The Balaban J connectivity index is 1.83. The highest BCUT2D eigenvalue weighted by molar-refractivity contribution is 5.99. The summed E-state index contributed by atoms with van der Waals surface area (Å²) in [5.74, 6) is -0.627. The lowest BCUT2D eigenvalue weighted by Crippen LogP contribution is -2.30. The van der Waals surface area contributed by atoms with Crippen LogP contribution in [0.15, 0.2) is 36.5 Å². The molecule has 0 atom stereocenters. The number of benzene rings is 1. The van der Waals surface area contributed by atoms with Gasteiger partial charge in [-0.2, -0.15) is 0 Å². The molecule has 0 radical (unpaired) electrons. The summed E-state index contributed by atoms with van der Waals surface area (Å²) in [5.41, 5.74) is 8.21. The van der Waals surface area contributed by atoms with Gasteiger partial charge in [0.1, 0.15) is 0 Å². The average molecular weight is 326 g/mol. The van der Waals surface area contributed by atoms with E-state index >= 15 is 0 Å². The largest absolute Gasteiger partial charge is 0.370 e. The predicted molar refractivity (Wildman–Crippen MR) is 94.2 cm³/mol. The molecule has 0 aliphatic carbocycles. The van der Waals surface area contributed by atoms with Crippen molar-refractivity contribution in [3.8, 4) is 0 Å². The maximum atomic E-state index is 12.3. The van der Waals surface area contributed by atoms with Gasteiger partial charge < -0.3 is 20.9 Å². The number of H-pyrrole nitrogens is 1. The molecule has 4 N–H and O–H groups in total. The lowest BCUT2D eigenvalue weighted by molar-refractivity contribution is -0.115. The number of nitrogens with two attached hydrogens (primary N) is 1. The van der Waals surface area contributed by atoms with Crippen LogP contribution >= 0.6 is 0 Å². The number of carbonyl (C=O) groups is 2. The molecule has 0 bridgehead atoms. The van der Waals surface area contributed by atoms with E-state index in [0.29, 0.717) is 11.3 Å². The van der Waals surface area contributed by atoms with Gasteiger partial charge in [0.15, 0.2) is 0 Å². The van der Waals surface area contributed by atoms with E-state index in [9.17, 15) is 9.59 Å². The predicted octanol–water partition coefficient (Wildman–Crippen LogP) is 2.29. The summed E-state index contributed by atoms with van der Waals surface area (Å²) in [4.78, 5) is 29.1. The normalized spacial score (nSPS) is 14.4. The fraction of sp³-hybridized carbons (Fsp3) is 0.333. The third-order valence-corrected chi connectivity index (χ3v) is 4.27. The molecule has 1 fully saturated rings. The molecular weight excluding hydrogens is 304 g/mol. The van der Waals surface area contributed by atoms with Crippen LogP contribution in [-0.4, -0.2) is 29.9 Å². The molecule has 1 aromatic heterocycles. The van der Waals surface area contributed by atoms with Crippen molar-refractivity contribution in [3.05, 3.63) is 47.8 Å². The Bertz CT molecular complexity index is 719. The molecule has 0 saturated carbocycles. The summed E-state index contributed by atoms with van der Waals surface area (Å²) in [6.45, 7) is 1.91. The SMILES string of the molecule is NC(=O)c1ccc(N2CCCCC2)c(NC(=O)Cc2ccc[nH]2)c1. The number of nitrogens with zero attached hydrogens (tertiary/aromatic N) is 1. The van der Waals surface area contributed by atoms with E-state index < -0.39 is 5.91 Å². The second kappa shape index (κ2) is 7.21. The molecule has 0 unspecified atom stereocenters. The zero-order valence-corrected chi connectivity index (χ0v) is 13.5. The minimum absolute atomic E-state index is 0.127. The molecule has 3 rings (SSSR count). The Morgan fingerprint density at radius 2 is 1.96 bits per heavy atom. The van der Waals surface area contributed by atoms with Gasteiger partial charge in [0.25, 0.3) is 0 Å². The van der Waals surface area contributed by atoms with Crippen LogP contribution in [0.3, 0.4) is 0 Å². The molecular formula is C18H22N4O2. The van der Waals surface area contributed by atoms with Crippen molar-refractivity contribution in [1.82, 2.24) is 4.98 Å². The number of rotatable bonds is 5. The highest BCUT2D eigenvalue weighted by Crippen LogP contribution is 2.29. The molecule has 2 amide bonds. The number of anilines is 2. The van der Waals surface area contributed by atoms with E-state index in [4.69, 9.17) is 5.73 Å². The van der Waals surface area contributed by atoms with Gasteiger partial charge in [-0.05, 0) is 49.6 Å². The fourth-order valence-electron chi connectivity index (χ4n) is 3.04. The monoisotopic (exact) mass is 326 g/mol. The van der Waals surface area contributed by atoms with Crippen LogP contribution in [0.5, 0.6) is 0 Å². The standard InChI is InChI=1S/C18H22N4O2/c19-18(24)13-6-7-16(22-9-2-1-3-10-22)15(11-13)21-17(23)12-14-5-4-8-20-14/h4-8,11,20H,1-3,9-10,12H2,(H2,19,24)(H,21,23). The maximum Gasteiger partial charge on any atom is 0.248 e. The molecule has 1 aromatic carbocycles. The van der Waals surface area contributed by atoms with Crippen molar-refractivity contribution < 1.29 is 9.59 Å². The smallest absolute Gasteiger partial charge is 0.248 e.